The topological polar surface area (TPSA) is 80.2 Å². The lowest BCUT2D eigenvalue weighted by molar-refractivity contribution is -0.137. The summed E-state index contributed by atoms with van der Waals surface area (Å²) >= 11 is 3.57. The quantitative estimate of drug-likeness (QED) is 0.640. The second kappa shape index (κ2) is 7.59. The number of nitrogens with zero attached hydrogens (tertiary/aromatic N) is 2. The average molecular weight is 492 g/mol. The highest BCUT2D eigenvalue weighted by Crippen LogP contribution is 2.62. The number of aliphatic imine (C=N–C) groups is 1. The summed E-state index contributed by atoms with van der Waals surface area (Å²) in [7, 11) is 3.41. The molecule has 0 saturated heterocycles. The number of hydrogen-bond donors (Lipinski definition) is 1. The summed E-state index contributed by atoms with van der Waals surface area (Å²) in [6.45, 7) is 5.40. The van der Waals surface area contributed by atoms with Gasteiger partial charge in [0.2, 0.25) is 5.96 Å². The molecule has 1 atom stereocenters. The molecule has 2 spiro atoms. The first-order chi connectivity index (χ1) is 14.5. The standard InChI is InChI=1S/C23H30BrN3O4/c1-21(2,3)31-20(29)25-19-26-23(18(28)27(19)4)17-12-15(24)7-6-14(17)13-22(23)10-8-16(30-5)9-11-22/h6-7,12,16H,8-11,13H2,1-5H3,(H,25,26,29). The number of guanidine groups is 1. The van der Waals surface area contributed by atoms with E-state index in [4.69, 9.17) is 14.5 Å². The van der Waals surface area contributed by atoms with Gasteiger partial charge >= 0.3 is 6.09 Å². The van der Waals surface area contributed by atoms with Gasteiger partial charge in [0.15, 0.2) is 5.54 Å². The monoisotopic (exact) mass is 491 g/mol. The molecule has 8 heteroatoms. The van der Waals surface area contributed by atoms with Gasteiger partial charge in [-0.3, -0.25) is 15.0 Å². The van der Waals surface area contributed by atoms with Crippen molar-refractivity contribution in [3.8, 4) is 0 Å². The van der Waals surface area contributed by atoms with E-state index < -0.39 is 17.2 Å². The van der Waals surface area contributed by atoms with Crippen LogP contribution in [0.25, 0.3) is 0 Å². The van der Waals surface area contributed by atoms with Gasteiger partial charge in [-0.25, -0.2) is 9.79 Å². The molecule has 0 bridgehead atoms. The van der Waals surface area contributed by atoms with Gasteiger partial charge in [0.1, 0.15) is 5.60 Å². The van der Waals surface area contributed by atoms with Gasteiger partial charge in [0.05, 0.1) is 6.10 Å². The number of carbonyl (C=O) groups is 2. The van der Waals surface area contributed by atoms with Crippen LogP contribution in [0.5, 0.6) is 0 Å². The number of rotatable bonds is 1. The van der Waals surface area contributed by atoms with Crippen LogP contribution in [0, 0.1) is 5.41 Å². The highest BCUT2D eigenvalue weighted by molar-refractivity contribution is 9.10. The summed E-state index contributed by atoms with van der Waals surface area (Å²) in [4.78, 5) is 32.8. The lowest BCUT2D eigenvalue weighted by Crippen LogP contribution is -2.51. The third-order valence-electron chi connectivity index (χ3n) is 6.80. The zero-order valence-corrected chi connectivity index (χ0v) is 20.3. The van der Waals surface area contributed by atoms with Gasteiger partial charge in [-0.2, -0.15) is 0 Å². The maximum atomic E-state index is 13.9. The molecule has 1 aromatic carbocycles. The molecule has 3 aliphatic rings. The van der Waals surface area contributed by atoms with E-state index in [-0.39, 0.29) is 23.4 Å². The predicted octanol–water partition coefficient (Wildman–Crippen LogP) is 4.13. The van der Waals surface area contributed by atoms with Gasteiger partial charge < -0.3 is 9.47 Å². The van der Waals surface area contributed by atoms with Gasteiger partial charge in [-0.15, -0.1) is 0 Å². The van der Waals surface area contributed by atoms with E-state index in [1.54, 1.807) is 34.9 Å². The molecule has 1 N–H and O–H groups in total. The molecule has 31 heavy (non-hydrogen) atoms. The maximum Gasteiger partial charge on any atom is 0.414 e. The number of halogens is 1. The Kier molecular flexibility index (Phi) is 5.45. The fraction of sp³-hybridized carbons (Fsp3) is 0.609. The van der Waals surface area contributed by atoms with E-state index in [0.717, 1.165) is 47.7 Å². The van der Waals surface area contributed by atoms with E-state index in [1.165, 1.54) is 4.90 Å². The number of amides is 2. The molecule has 0 radical (unpaired) electrons. The van der Waals surface area contributed by atoms with Crippen molar-refractivity contribution in [1.29, 1.82) is 0 Å². The largest absolute Gasteiger partial charge is 0.444 e. The molecular weight excluding hydrogens is 462 g/mol. The maximum absolute atomic E-state index is 13.9. The molecule has 4 rings (SSSR count). The van der Waals surface area contributed by atoms with Crippen LogP contribution in [0.2, 0.25) is 0 Å². The fourth-order valence-electron chi connectivity index (χ4n) is 5.38. The molecule has 2 aliphatic carbocycles. The normalized spacial score (nSPS) is 30.0. The van der Waals surface area contributed by atoms with Crippen LogP contribution in [0.4, 0.5) is 4.79 Å². The van der Waals surface area contributed by atoms with Crippen LogP contribution in [-0.2, 0) is 26.2 Å². The van der Waals surface area contributed by atoms with E-state index in [0.29, 0.717) is 0 Å². The van der Waals surface area contributed by atoms with Crippen LogP contribution in [0.1, 0.15) is 57.6 Å². The Hall–Kier alpha value is -1.93. The summed E-state index contributed by atoms with van der Waals surface area (Å²) in [5.41, 5.74) is 0.0324. The summed E-state index contributed by atoms with van der Waals surface area (Å²) in [5, 5.41) is 2.71. The zero-order chi connectivity index (χ0) is 22.6. The van der Waals surface area contributed by atoms with Gasteiger partial charge in [-0.05, 0) is 76.1 Å². The molecule has 168 valence electrons. The zero-order valence-electron chi connectivity index (χ0n) is 18.8. The molecule has 1 fully saturated rings. The molecular formula is C23H30BrN3O4. The number of hydrogen-bond acceptors (Lipinski definition) is 5. The first kappa shape index (κ1) is 22.3. The summed E-state index contributed by atoms with van der Waals surface area (Å²) in [5.74, 6) is 0.131. The summed E-state index contributed by atoms with van der Waals surface area (Å²) in [6, 6.07) is 6.11. The Balaban J connectivity index is 1.78. The van der Waals surface area contributed by atoms with Crippen molar-refractivity contribution in [2.45, 2.75) is 70.1 Å². The van der Waals surface area contributed by atoms with E-state index >= 15 is 0 Å². The third-order valence-corrected chi connectivity index (χ3v) is 7.29. The first-order valence-electron chi connectivity index (χ1n) is 10.7. The Morgan fingerprint density at radius 2 is 1.97 bits per heavy atom. The van der Waals surface area contributed by atoms with E-state index in [9.17, 15) is 9.59 Å². The van der Waals surface area contributed by atoms with Gasteiger partial charge in [0.25, 0.3) is 5.91 Å². The van der Waals surface area contributed by atoms with E-state index in [1.807, 2.05) is 12.1 Å². The van der Waals surface area contributed by atoms with Crippen LogP contribution < -0.4 is 5.32 Å². The van der Waals surface area contributed by atoms with Gasteiger partial charge in [0, 0.05) is 24.0 Å². The molecule has 2 amide bonds. The molecule has 1 aliphatic heterocycles. The van der Waals surface area contributed by atoms with Crippen LogP contribution in [-0.4, -0.2) is 48.7 Å². The average Bonchev–Trinajstić information content (AvgIpc) is 3.09. The lowest BCUT2D eigenvalue weighted by atomic mass is 9.61. The molecule has 7 nitrogen and oxygen atoms in total. The van der Waals surface area contributed by atoms with Crippen molar-refractivity contribution >= 4 is 33.9 Å². The SMILES string of the molecule is COC1CCC2(CC1)Cc1ccc(Br)cc1C21N=C(NC(=O)OC(C)(C)C)N(C)C1=O. The van der Waals surface area contributed by atoms with Crippen LogP contribution in [0.15, 0.2) is 27.7 Å². The second-order valence-electron chi connectivity index (χ2n) is 9.83. The number of fused-ring (bicyclic) bond motifs is 3. The number of alkyl carbamates (subject to hydrolysis) is 1. The molecule has 1 unspecified atom stereocenters. The Morgan fingerprint density at radius 1 is 1.29 bits per heavy atom. The van der Waals surface area contributed by atoms with Gasteiger partial charge in [-0.1, -0.05) is 22.0 Å². The number of likely N-dealkylation sites (N-methyl/N-ethyl adjacent to an activating group) is 1. The number of benzene rings is 1. The molecule has 1 saturated carbocycles. The minimum absolute atomic E-state index is 0.105. The Bertz CT molecular complexity index is 947. The minimum atomic E-state index is -1.05. The Labute approximate surface area is 191 Å². The molecule has 1 aromatic rings. The molecule has 0 aromatic heterocycles. The van der Waals surface area contributed by atoms with E-state index in [2.05, 4.69) is 27.3 Å². The summed E-state index contributed by atoms with van der Waals surface area (Å²) in [6.07, 6.45) is 3.81. The number of nitrogens with one attached hydrogen (secondary N) is 1. The second-order valence-corrected chi connectivity index (χ2v) is 10.7. The number of carbonyl (C=O) groups excluding carboxylic acids is 2. The molecule has 1 heterocycles. The van der Waals surface area contributed by atoms with Crippen molar-refractivity contribution in [3.05, 3.63) is 33.8 Å². The van der Waals surface area contributed by atoms with Crippen molar-refractivity contribution in [3.63, 3.8) is 0 Å². The van der Waals surface area contributed by atoms with Crippen molar-refractivity contribution in [1.82, 2.24) is 10.2 Å². The third kappa shape index (κ3) is 3.57. The number of methoxy groups -OCH3 is 1. The summed E-state index contributed by atoms with van der Waals surface area (Å²) < 4.78 is 11.9. The highest BCUT2D eigenvalue weighted by Gasteiger charge is 2.66. The minimum Gasteiger partial charge on any atom is -0.444 e. The van der Waals surface area contributed by atoms with Crippen molar-refractivity contribution < 1.29 is 19.1 Å². The Morgan fingerprint density at radius 3 is 2.58 bits per heavy atom. The van der Waals surface area contributed by atoms with Crippen molar-refractivity contribution in [2.24, 2.45) is 10.4 Å². The van der Waals surface area contributed by atoms with Crippen LogP contribution >= 0.6 is 15.9 Å². The first-order valence-corrected chi connectivity index (χ1v) is 11.5. The van der Waals surface area contributed by atoms with Crippen molar-refractivity contribution in [2.75, 3.05) is 14.2 Å². The fourth-order valence-corrected chi connectivity index (χ4v) is 5.75. The van der Waals surface area contributed by atoms with Crippen LogP contribution in [0.3, 0.4) is 0 Å². The smallest absolute Gasteiger partial charge is 0.414 e. The highest BCUT2D eigenvalue weighted by atomic mass is 79.9. The number of ether oxygens (including phenoxy) is 2. The predicted molar refractivity (Wildman–Crippen MR) is 121 cm³/mol. The lowest BCUT2D eigenvalue weighted by Gasteiger charge is -2.45.